The van der Waals surface area contributed by atoms with Crippen molar-refractivity contribution in [2.24, 2.45) is 0 Å². The number of furan rings is 1. The van der Waals surface area contributed by atoms with Crippen LogP contribution in [0.25, 0.3) is 0 Å². The fraction of sp³-hybridized carbons (Fsp3) is 0.333. The van der Waals surface area contributed by atoms with Crippen molar-refractivity contribution >= 4 is 28.4 Å². The minimum atomic E-state index is 0.163. The SMILES string of the molecule is Cc1cc(C(C)Nc2ncncc2I)c(C)o1. The molecule has 0 saturated heterocycles. The van der Waals surface area contributed by atoms with Crippen molar-refractivity contribution in [3.05, 3.63) is 39.2 Å². The van der Waals surface area contributed by atoms with E-state index in [0.717, 1.165) is 26.5 Å². The van der Waals surface area contributed by atoms with E-state index in [9.17, 15) is 0 Å². The highest BCUT2D eigenvalue weighted by Gasteiger charge is 2.13. The monoisotopic (exact) mass is 343 g/mol. The third-order valence-electron chi connectivity index (χ3n) is 2.57. The highest BCUT2D eigenvalue weighted by molar-refractivity contribution is 14.1. The zero-order chi connectivity index (χ0) is 12.4. The Balaban J connectivity index is 2.20. The number of hydrogen-bond acceptors (Lipinski definition) is 4. The Morgan fingerprint density at radius 1 is 1.41 bits per heavy atom. The summed E-state index contributed by atoms with van der Waals surface area (Å²) in [5.41, 5.74) is 1.16. The molecule has 4 nitrogen and oxygen atoms in total. The molecule has 1 N–H and O–H groups in total. The van der Waals surface area contributed by atoms with Gasteiger partial charge in [0.1, 0.15) is 23.7 Å². The third-order valence-corrected chi connectivity index (χ3v) is 3.36. The standard InChI is InChI=1S/C12H14IN3O/c1-7-4-10(9(3)17-7)8(2)16-12-11(13)5-14-6-15-12/h4-6,8H,1-3H3,(H,14,15,16). The molecular formula is C12H14IN3O. The van der Waals surface area contributed by atoms with Crippen molar-refractivity contribution in [3.8, 4) is 0 Å². The number of nitrogens with zero attached hydrogens (tertiary/aromatic N) is 2. The predicted molar refractivity (Wildman–Crippen MR) is 75.0 cm³/mol. The molecule has 0 fully saturated rings. The normalized spacial score (nSPS) is 12.5. The molecule has 2 rings (SSSR count). The number of hydrogen-bond donors (Lipinski definition) is 1. The van der Waals surface area contributed by atoms with Crippen molar-refractivity contribution in [1.29, 1.82) is 0 Å². The maximum Gasteiger partial charge on any atom is 0.143 e. The lowest BCUT2D eigenvalue weighted by Crippen LogP contribution is -2.09. The molecule has 0 amide bonds. The lowest BCUT2D eigenvalue weighted by molar-refractivity contribution is 0.499. The van der Waals surface area contributed by atoms with E-state index in [1.165, 1.54) is 0 Å². The lowest BCUT2D eigenvalue weighted by atomic mass is 10.1. The number of anilines is 1. The average Bonchev–Trinajstić information content (AvgIpc) is 2.61. The van der Waals surface area contributed by atoms with Crippen molar-refractivity contribution in [2.75, 3.05) is 5.32 Å². The Morgan fingerprint density at radius 3 is 2.76 bits per heavy atom. The van der Waals surface area contributed by atoms with Gasteiger partial charge in [0.15, 0.2) is 0 Å². The van der Waals surface area contributed by atoms with Crippen LogP contribution in [0.3, 0.4) is 0 Å². The molecule has 1 unspecified atom stereocenters. The second kappa shape index (κ2) is 5.03. The smallest absolute Gasteiger partial charge is 0.143 e. The summed E-state index contributed by atoms with van der Waals surface area (Å²) in [5, 5.41) is 3.36. The van der Waals surface area contributed by atoms with Crippen LogP contribution >= 0.6 is 22.6 Å². The van der Waals surface area contributed by atoms with Gasteiger partial charge in [0.2, 0.25) is 0 Å². The summed E-state index contributed by atoms with van der Waals surface area (Å²) in [6, 6.07) is 2.22. The number of rotatable bonds is 3. The van der Waals surface area contributed by atoms with Crippen molar-refractivity contribution in [2.45, 2.75) is 26.8 Å². The first kappa shape index (κ1) is 12.3. The van der Waals surface area contributed by atoms with Crippen LogP contribution in [0.1, 0.15) is 30.0 Å². The van der Waals surface area contributed by atoms with Crippen LogP contribution in [0.2, 0.25) is 0 Å². The van der Waals surface area contributed by atoms with Gasteiger partial charge in [-0.2, -0.15) is 0 Å². The van der Waals surface area contributed by atoms with Gasteiger partial charge in [0.25, 0.3) is 0 Å². The van der Waals surface area contributed by atoms with Gasteiger partial charge in [0.05, 0.1) is 9.61 Å². The average molecular weight is 343 g/mol. The molecule has 17 heavy (non-hydrogen) atoms. The molecule has 0 aliphatic carbocycles. The van der Waals surface area contributed by atoms with Gasteiger partial charge in [-0.15, -0.1) is 0 Å². The molecule has 0 aromatic carbocycles. The second-order valence-corrected chi connectivity index (χ2v) is 5.12. The van der Waals surface area contributed by atoms with Crippen molar-refractivity contribution in [1.82, 2.24) is 9.97 Å². The Hall–Kier alpha value is -1.11. The van der Waals surface area contributed by atoms with Gasteiger partial charge >= 0.3 is 0 Å². The Morgan fingerprint density at radius 2 is 2.18 bits per heavy atom. The number of aryl methyl sites for hydroxylation is 2. The molecule has 2 heterocycles. The minimum Gasteiger partial charge on any atom is -0.466 e. The molecule has 0 aliphatic heterocycles. The largest absolute Gasteiger partial charge is 0.466 e. The minimum absolute atomic E-state index is 0.163. The van der Waals surface area contributed by atoms with Crippen LogP contribution in [0.5, 0.6) is 0 Å². The summed E-state index contributed by atoms with van der Waals surface area (Å²) < 4.78 is 6.54. The summed E-state index contributed by atoms with van der Waals surface area (Å²) in [6.07, 6.45) is 3.33. The fourth-order valence-electron chi connectivity index (χ4n) is 1.78. The van der Waals surface area contributed by atoms with Gasteiger partial charge in [-0.05, 0) is 49.4 Å². The molecule has 2 aromatic rings. The van der Waals surface area contributed by atoms with E-state index in [1.54, 1.807) is 12.5 Å². The van der Waals surface area contributed by atoms with E-state index in [4.69, 9.17) is 4.42 Å². The van der Waals surface area contributed by atoms with Gasteiger partial charge in [-0.1, -0.05) is 0 Å². The van der Waals surface area contributed by atoms with Crippen LogP contribution in [0, 0.1) is 17.4 Å². The molecule has 0 saturated carbocycles. The molecule has 90 valence electrons. The summed E-state index contributed by atoms with van der Waals surface area (Å²) in [6.45, 7) is 6.03. The highest BCUT2D eigenvalue weighted by atomic mass is 127. The first-order valence-corrected chi connectivity index (χ1v) is 6.44. The summed E-state index contributed by atoms with van der Waals surface area (Å²) in [7, 11) is 0. The van der Waals surface area contributed by atoms with Gasteiger partial charge in [0, 0.05) is 11.8 Å². The van der Waals surface area contributed by atoms with E-state index in [0.29, 0.717) is 0 Å². The first-order valence-electron chi connectivity index (χ1n) is 5.37. The van der Waals surface area contributed by atoms with Crippen molar-refractivity contribution in [3.63, 3.8) is 0 Å². The quantitative estimate of drug-likeness (QED) is 0.868. The van der Waals surface area contributed by atoms with E-state index in [-0.39, 0.29) is 6.04 Å². The van der Waals surface area contributed by atoms with Crippen LogP contribution in [0.15, 0.2) is 23.0 Å². The number of aromatic nitrogens is 2. The topological polar surface area (TPSA) is 51.0 Å². The number of halogens is 1. The van der Waals surface area contributed by atoms with Crippen LogP contribution in [0.4, 0.5) is 5.82 Å². The molecule has 0 spiro atoms. The molecule has 2 aromatic heterocycles. The third kappa shape index (κ3) is 2.77. The summed E-state index contributed by atoms with van der Waals surface area (Å²) >= 11 is 2.22. The summed E-state index contributed by atoms with van der Waals surface area (Å²) in [4.78, 5) is 8.19. The van der Waals surface area contributed by atoms with Gasteiger partial charge in [-0.25, -0.2) is 9.97 Å². The van der Waals surface area contributed by atoms with Crippen LogP contribution in [-0.4, -0.2) is 9.97 Å². The van der Waals surface area contributed by atoms with Crippen LogP contribution in [-0.2, 0) is 0 Å². The van der Waals surface area contributed by atoms with Gasteiger partial charge < -0.3 is 9.73 Å². The van der Waals surface area contributed by atoms with Crippen molar-refractivity contribution < 1.29 is 4.42 Å². The van der Waals surface area contributed by atoms with Crippen LogP contribution < -0.4 is 5.32 Å². The van der Waals surface area contributed by atoms with E-state index in [1.807, 2.05) is 13.8 Å². The Labute approximate surface area is 114 Å². The molecular weight excluding hydrogens is 329 g/mol. The first-order chi connectivity index (χ1) is 8.08. The Bertz CT molecular complexity index is 524. The molecule has 0 aliphatic rings. The zero-order valence-electron chi connectivity index (χ0n) is 9.99. The molecule has 5 heteroatoms. The predicted octanol–water partition coefficient (Wildman–Crippen LogP) is 3.46. The lowest BCUT2D eigenvalue weighted by Gasteiger charge is -2.14. The Kier molecular flexibility index (Phi) is 3.66. The highest BCUT2D eigenvalue weighted by Crippen LogP contribution is 2.25. The number of nitrogens with one attached hydrogen (secondary N) is 1. The van der Waals surface area contributed by atoms with E-state index in [2.05, 4.69) is 50.9 Å². The molecule has 1 atom stereocenters. The zero-order valence-corrected chi connectivity index (χ0v) is 12.1. The van der Waals surface area contributed by atoms with Gasteiger partial charge in [-0.3, -0.25) is 0 Å². The molecule has 0 radical (unpaired) electrons. The maximum absolute atomic E-state index is 5.53. The maximum atomic E-state index is 5.53. The molecule has 0 bridgehead atoms. The fourth-order valence-corrected chi connectivity index (χ4v) is 2.24. The second-order valence-electron chi connectivity index (χ2n) is 3.95. The summed E-state index contributed by atoms with van der Waals surface area (Å²) in [5.74, 6) is 2.74. The van der Waals surface area contributed by atoms with E-state index >= 15 is 0 Å². The van der Waals surface area contributed by atoms with E-state index < -0.39 is 0 Å².